The second-order valence-electron chi connectivity index (χ2n) is 3.59. The summed E-state index contributed by atoms with van der Waals surface area (Å²) in [5, 5.41) is 3.50. The van der Waals surface area contributed by atoms with E-state index in [1.54, 1.807) is 13.8 Å². The number of carbonyl (C=O) groups excluding carboxylic acids is 1. The first-order valence-electron chi connectivity index (χ1n) is 5.79. The van der Waals surface area contributed by atoms with Crippen LogP contribution in [0.2, 0.25) is 0 Å². The maximum atomic E-state index is 11.8. The fourth-order valence-electron chi connectivity index (χ4n) is 1.34. The van der Waals surface area contributed by atoms with Gasteiger partial charge in [0.15, 0.2) is 0 Å². The van der Waals surface area contributed by atoms with Gasteiger partial charge in [0.25, 0.3) is 6.43 Å². The molecule has 0 fully saturated rings. The van der Waals surface area contributed by atoms with Crippen LogP contribution in [0.25, 0.3) is 0 Å². The minimum absolute atomic E-state index is 0.129. The van der Waals surface area contributed by atoms with Crippen molar-refractivity contribution in [3.05, 3.63) is 11.3 Å². The van der Waals surface area contributed by atoms with E-state index in [-0.39, 0.29) is 13.2 Å². The van der Waals surface area contributed by atoms with E-state index in [1.165, 1.54) is 0 Å². The molecule has 0 unspecified atom stereocenters. The Morgan fingerprint density at radius 2 is 2.26 bits per heavy atom. The number of aromatic nitrogens is 1. The van der Waals surface area contributed by atoms with Gasteiger partial charge in [0.05, 0.1) is 18.9 Å². The van der Waals surface area contributed by atoms with E-state index in [0.29, 0.717) is 22.8 Å². The predicted molar refractivity (Wildman–Crippen MR) is 68.1 cm³/mol. The third-order valence-electron chi connectivity index (χ3n) is 2.12. The number of hydrogen-bond donors (Lipinski definition) is 1. The SMILES string of the molecule is CCOC(=O)c1c(C)nsc1NCCOCC(F)F. The number of esters is 1. The third-order valence-corrected chi connectivity index (χ3v) is 3.01. The number of nitrogens with one attached hydrogen (secondary N) is 1. The number of nitrogens with zero attached hydrogens (tertiary/aromatic N) is 1. The molecule has 0 amide bonds. The Bertz CT molecular complexity index is 413. The van der Waals surface area contributed by atoms with Crippen LogP contribution < -0.4 is 5.32 Å². The lowest BCUT2D eigenvalue weighted by atomic mass is 10.2. The average molecular weight is 294 g/mol. The molecule has 1 heterocycles. The number of carbonyl (C=O) groups is 1. The first kappa shape index (κ1) is 15.8. The van der Waals surface area contributed by atoms with Gasteiger partial charge >= 0.3 is 5.97 Å². The van der Waals surface area contributed by atoms with Crippen LogP contribution in [0.4, 0.5) is 13.8 Å². The van der Waals surface area contributed by atoms with Gasteiger partial charge in [0, 0.05) is 6.54 Å². The van der Waals surface area contributed by atoms with Gasteiger partial charge in [-0.15, -0.1) is 0 Å². The van der Waals surface area contributed by atoms with Crippen LogP contribution in [-0.4, -0.2) is 43.1 Å². The van der Waals surface area contributed by atoms with Crippen molar-refractivity contribution in [2.75, 3.05) is 31.7 Å². The fraction of sp³-hybridized carbons (Fsp3) is 0.636. The number of rotatable bonds is 8. The lowest BCUT2D eigenvalue weighted by Crippen LogP contribution is -2.14. The van der Waals surface area contributed by atoms with Crippen molar-refractivity contribution in [1.82, 2.24) is 4.37 Å². The third kappa shape index (κ3) is 5.07. The molecule has 0 radical (unpaired) electrons. The van der Waals surface area contributed by atoms with Gasteiger partial charge in [-0.05, 0) is 25.4 Å². The molecular weight excluding hydrogens is 278 g/mol. The molecule has 1 aromatic heterocycles. The molecule has 0 aliphatic heterocycles. The van der Waals surface area contributed by atoms with Crippen LogP contribution in [0.1, 0.15) is 23.0 Å². The van der Waals surface area contributed by atoms with Crippen LogP contribution in [0.3, 0.4) is 0 Å². The van der Waals surface area contributed by atoms with Gasteiger partial charge in [-0.2, -0.15) is 4.37 Å². The van der Waals surface area contributed by atoms with Crippen molar-refractivity contribution in [3.63, 3.8) is 0 Å². The first-order valence-corrected chi connectivity index (χ1v) is 6.56. The van der Waals surface area contributed by atoms with Gasteiger partial charge in [0.1, 0.15) is 17.2 Å². The number of ether oxygens (including phenoxy) is 2. The zero-order valence-electron chi connectivity index (χ0n) is 10.7. The summed E-state index contributed by atoms with van der Waals surface area (Å²) in [4.78, 5) is 11.7. The molecule has 0 aromatic carbocycles. The van der Waals surface area contributed by atoms with Crippen LogP contribution in [0.5, 0.6) is 0 Å². The molecule has 0 atom stereocenters. The Morgan fingerprint density at radius 1 is 1.53 bits per heavy atom. The number of hydrogen-bond acceptors (Lipinski definition) is 6. The summed E-state index contributed by atoms with van der Waals surface area (Å²) in [5.74, 6) is -0.440. The molecule has 0 saturated carbocycles. The Balaban J connectivity index is 2.47. The van der Waals surface area contributed by atoms with E-state index >= 15 is 0 Å². The summed E-state index contributed by atoms with van der Waals surface area (Å²) in [6.07, 6.45) is -2.47. The fourth-order valence-corrected chi connectivity index (χ4v) is 2.15. The maximum Gasteiger partial charge on any atom is 0.343 e. The van der Waals surface area contributed by atoms with Crippen LogP contribution in [0.15, 0.2) is 0 Å². The summed E-state index contributed by atoms with van der Waals surface area (Å²) in [6, 6.07) is 0. The molecule has 19 heavy (non-hydrogen) atoms. The topological polar surface area (TPSA) is 60.5 Å². The normalized spacial score (nSPS) is 10.8. The molecule has 0 aliphatic carbocycles. The van der Waals surface area contributed by atoms with Crippen LogP contribution in [0, 0.1) is 6.92 Å². The van der Waals surface area contributed by atoms with E-state index in [9.17, 15) is 13.6 Å². The molecule has 5 nitrogen and oxygen atoms in total. The lowest BCUT2D eigenvalue weighted by molar-refractivity contribution is 0.0215. The minimum atomic E-state index is -2.47. The number of anilines is 1. The summed E-state index contributed by atoms with van der Waals surface area (Å²) >= 11 is 1.13. The van der Waals surface area contributed by atoms with Gasteiger partial charge in [-0.1, -0.05) is 0 Å². The highest BCUT2D eigenvalue weighted by Gasteiger charge is 2.19. The van der Waals surface area contributed by atoms with Crippen molar-refractivity contribution in [3.8, 4) is 0 Å². The maximum absolute atomic E-state index is 11.8. The van der Waals surface area contributed by atoms with E-state index in [2.05, 4.69) is 9.69 Å². The minimum Gasteiger partial charge on any atom is -0.462 e. The summed E-state index contributed by atoms with van der Waals surface area (Å²) in [6.45, 7) is 3.57. The van der Waals surface area contributed by atoms with E-state index in [1.807, 2.05) is 0 Å². The summed E-state index contributed by atoms with van der Waals surface area (Å²) in [5.41, 5.74) is 0.972. The van der Waals surface area contributed by atoms with Crippen LogP contribution in [-0.2, 0) is 9.47 Å². The van der Waals surface area contributed by atoms with E-state index in [4.69, 9.17) is 9.47 Å². The van der Waals surface area contributed by atoms with E-state index < -0.39 is 19.0 Å². The van der Waals surface area contributed by atoms with E-state index in [0.717, 1.165) is 11.5 Å². The quantitative estimate of drug-likeness (QED) is 0.589. The summed E-state index contributed by atoms with van der Waals surface area (Å²) < 4.78 is 37.4. The molecule has 1 rings (SSSR count). The van der Waals surface area contributed by atoms with Crippen molar-refractivity contribution in [2.24, 2.45) is 0 Å². The highest BCUT2D eigenvalue weighted by Crippen LogP contribution is 2.25. The van der Waals surface area contributed by atoms with Gasteiger partial charge in [-0.25, -0.2) is 13.6 Å². The van der Waals surface area contributed by atoms with Crippen molar-refractivity contribution >= 4 is 22.5 Å². The Kier molecular flexibility index (Phi) is 6.65. The average Bonchev–Trinajstić information content (AvgIpc) is 2.70. The Morgan fingerprint density at radius 3 is 2.89 bits per heavy atom. The molecular formula is C11H16F2N2O3S. The molecule has 8 heteroatoms. The van der Waals surface area contributed by atoms with Gasteiger partial charge < -0.3 is 14.8 Å². The molecule has 0 saturated heterocycles. The predicted octanol–water partition coefficient (Wildman–Crippen LogP) is 2.32. The number of alkyl halides is 2. The number of halogens is 2. The molecule has 0 spiro atoms. The van der Waals surface area contributed by atoms with Crippen molar-refractivity contribution in [1.29, 1.82) is 0 Å². The lowest BCUT2D eigenvalue weighted by Gasteiger charge is -2.07. The Labute approximate surface area is 114 Å². The summed E-state index contributed by atoms with van der Waals surface area (Å²) in [7, 11) is 0. The zero-order valence-corrected chi connectivity index (χ0v) is 11.6. The van der Waals surface area contributed by atoms with Crippen molar-refractivity contribution in [2.45, 2.75) is 20.3 Å². The zero-order chi connectivity index (χ0) is 14.3. The first-order chi connectivity index (χ1) is 9.06. The highest BCUT2D eigenvalue weighted by molar-refractivity contribution is 7.10. The van der Waals surface area contributed by atoms with Gasteiger partial charge in [-0.3, -0.25) is 0 Å². The largest absolute Gasteiger partial charge is 0.462 e. The molecule has 1 aromatic rings. The molecule has 1 N–H and O–H groups in total. The second-order valence-corrected chi connectivity index (χ2v) is 4.36. The second kappa shape index (κ2) is 8.00. The highest BCUT2D eigenvalue weighted by atomic mass is 32.1. The molecule has 108 valence electrons. The van der Waals surface area contributed by atoms with Crippen molar-refractivity contribution < 1.29 is 23.0 Å². The molecule has 0 bridgehead atoms. The number of aryl methyl sites for hydroxylation is 1. The molecule has 0 aliphatic rings. The standard InChI is InChI=1S/C11H16F2N2O3S/c1-3-18-11(16)9-7(2)15-19-10(9)14-4-5-17-6-8(12)13/h8,14H,3-6H2,1-2H3. The Hall–Kier alpha value is -1.28. The van der Waals surface area contributed by atoms with Gasteiger partial charge in [0.2, 0.25) is 0 Å². The smallest absolute Gasteiger partial charge is 0.343 e. The monoisotopic (exact) mass is 294 g/mol. The van der Waals surface area contributed by atoms with Crippen LogP contribution >= 0.6 is 11.5 Å².